The van der Waals surface area contributed by atoms with Crippen molar-refractivity contribution in [2.75, 3.05) is 0 Å². The summed E-state index contributed by atoms with van der Waals surface area (Å²) in [5.41, 5.74) is 0. The number of hydrogen-bond acceptors (Lipinski definition) is 5. The molecule has 0 saturated heterocycles. The van der Waals surface area contributed by atoms with E-state index in [-0.39, 0.29) is 0 Å². The minimum atomic E-state index is -3.32. The maximum absolute atomic E-state index is 12.4. The summed E-state index contributed by atoms with van der Waals surface area (Å²) < 4.78 is 25.6. The molecule has 0 aliphatic heterocycles. The molecule has 6 heteroatoms. The normalized spacial score (nSPS) is 11.8. The Balaban J connectivity index is 1.87. The molecule has 20 heavy (non-hydrogen) atoms. The molecule has 0 radical (unpaired) electrons. The van der Waals surface area contributed by atoms with Crippen LogP contribution in [0.4, 0.5) is 0 Å². The van der Waals surface area contributed by atoms with Crippen molar-refractivity contribution < 1.29 is 8.42 Å². The van der Waals surface area contributed by atoms with Crippen LogP contribution in [0.15, 0.2) is 50.2 Å². The second kappa shape index (κ2) is 5.44. The average molecular weight is 341 g/mol. The second-order valence-corrected chi connectivity index (χ2v) is 10.2. The van der Waals surface area contributed by atoms with Crippen LogP contribution in [0.5, 0.6) is 0 Å². The Morgan fingerprint density at radius 2 is 1.70 bits per heavy atom. The molecule has 0 amide bonds. The van der Waals surface area contributed by atoms with Gasteiger partial charge in [0.05, 0.1) is 0 Å². The Bertz CT molecular complexity index is 807. The summed E-state index contributed by atoms with van der Waals surface area (Å²) in [5.74, 6) is 0. The van der Waals surface area contributed by atoms with Crippen LogP contribution in [0.25, 0.3) is 0 Å². The zero-order chi connectivity index (χ0) is 14.2. The molecule has 0 saturated carbocycles. The first kappa shape index (κ1) is 14.0. The zero-order valence-corrected chi connectivity index (χ0v) is 14.0. The Labute approximate surface area is 130 Å². The molecule has 0 aliphatic rings. The summed E-state index contributed by atoms with van der Waals surface area (Å²) in [5, 5.41) is 1.79. The van der Waals surface area contributed by atoms with Gasteiger partial charge < -0.3 is 0 Å². The van der Waals surface area contributed by atoms with Gasteiger partial charge in [-0.15, -0.1) is 34.0 Å². The highest BCUT2D eigenvalue weighted by Crippen LogP contribution is 2.31. The molecule has 3 rings (SSSR count). The lowest BCUT2D eigenvalue weighted by Crippen LogP contribution is -1.95. The smallest absolute Gasteiger partial charge is 0.217 e. The fourth-order valence-corrected chi connectivity index (χ4v) is 6.91. The Morgan fingerprint density at radius 3 is 2.35 bits per heavy atom. The summed E-state index contributed by atoms with van der Waals surface area (Å²) in [7, 11) is -3.32. The van der Waals surface area contributed by atoms with E-state index in [4.69, 9.17) is 0 Å². The molecule has 104 valence electrons. The fraction of sp³-hybridized carbons (Fsp3) is 0.143. The third-order valence-electron chi connectivity index (χ3n) is 2.81. The Morgan fingerprint density at radius 1 is 0.950 bits per heavy atom. The van der Waals surface area contributed by atoms with Gasteiger partial charge in [-0.2, -0.15) is 0 Å². The molecule has 0 spiro atoms. The first-order valence-electron chi connectivity index (χ1n) is 5.98. The van der Waals surface area contributed by atoms with Crippen molar-refractivity contribution in [3.05, 3.63) is 56.4 Å². The summed E-state index contributed by atoms with van der Waals surface area (Å²) in [4.78, 5) is 3.63. The molecule has 0 fully saturated rings. The molecule has 3 aromatic rings. The highest BCUT2D eigenvalue weighted by molar-refractivity contribution is 7.95. The van der Waals surface area contributed by atoms with Gasteiger partial charge in [0.15, 0.2) is 0 Å². The van der Waals surface area contributed by atoms with Crippen LogP contribution in [-0.4, -0.2) is 8.42 Å². The summed E-state index contributed by atoms with van der Waals surface area (Å²) >= 11 is 4.39. The maximum Gasteiger partial charge on any atom is 0.225 e. The lowest BCUT2D eigenvalue weighted by molar-refractivity contribution is 0.600. The van der Waals surface area contributed by atoms with E-state index in [0.717, 1.165) is 11.3 Å². The second-order valence-electron chi connectivity index (χ2n) is 4.35. The molecule has 0 N–H and O–H groups in total. The van der Waals surface area contributed by atoms with E-state index in [2.05, 4.69) is 19.1 Å². The standard InChI is InChI=1S/C14H12O2S4/c1-10-4-5-11(18-10)9-12-6-7-14(19-12)20(15,16)13-3-2-8-17-13/h2-8H,9H2,1H3. The third-order valence-corrected chi connectivity index (χ3v) is 8.54. The SMILES string of the molecule is Cc1ccc(Cc2ccc(S(=O)(=O)c3cccs3)s2)s1. The van der Waals surface area contributed by atoms with Gasteiger partial charge in [-0.3, -0.25) is 0 Å². The highest BCUT2D eigenvalue weighted by Gasteiger charge is 2.20. The average Bonchev–Trinajstić information content (AvgIpc) is 3.11. The Kier molecular flexibility index (Phi) is 3.81. The first-order chi connectivity index (χ1) is 9.55. The predicted molar refractivity (Wildman–Crippen MR) is 86.0 cm³/mol. The fourth-order valence-electron chi connectivity index (χ4n) is 1.87. The molecular formula is C14H12O2S4. The molecular weight excluding hydrogens is 328 g/mol. The number of aryl methyl sites for hydroxylation is 1. The quantitative estimate of drug-likeness (QED) is 0.695. The van der Waals surface area contributed by atoms with E-state index in [0.29, 0.717) is 8.42 Å². The van der Waals surface area contributed by atoms with Crippen LogP contribution in [0.1, 0.15) is 14.6 Å². The summed E-state index contributed by atoms with van der Waals surface area (Å²) in [6.07, 6.45) is 0.809. The maximum atomic E-state index is 12.4. The molecule has 0 atom stereocenters. The molecule has 2 nitrogen and oxygen atoms in total. The summed E-state index contributed by atoms with van der Waals surface area (Å²) in [6, 6.07) is 11.3. The van der Waals surface area contributed by atoms with Gasteiger partial charge in [-0.1, -0.05) is 6.07 Å². The van der Waals surface area contributed by atoms with Gasteiger partial charge in [0.1, 0.15) is 8.42 Å². The van der Waals surface area contributed by atoms with Crippen LogP contribution in [0.2, 0.25) is 0 Å². The lowest BCUT2D eigenvalue weighted by Gasteiger charge is -1.97. The van der Waals surface area contributed by atoms with Gasteiger partial charge in [0.2, 0.25) is 9.84 Å². The minimum Gasteiger partial charge on any atom is -0.217 e. The van der Waals surface area contributed by atoms with Crippen molar-refractivity contribution >= 4 is 43.8 Å². The topological polar surface area (TPSA) is 34.1 Å². The predicted octanol–water partition coefficient (Wildman–Crippen LogP) is 4.60. The Hall–Kier alpha value is -0.950. The van der Waals surface area contributed by atoms with Crippen molar-refractivity contribution in [2.45, 2.75) is 21.8 Å². The molecule has 0 aliphatic carbocycles. The van der Waals surface area contributed by atoms with E-state index in [1.54, 1.807) is 34.9 Å². The van der Waals surface area contributed by atoms with Crippen LogP contribution in [0, 0.1) is 6.92 Å². The van der Waals surface area contributed by atoms with E-state index in [9.17, 15) is 8.42 Å². The number of hydrogen-bond donors (Lipinski definition) is 0. The third kappa shape index (κ3) is 2.74. The van der Waals surface area contributed by atoms with Crippen LogP contribution >= 0.6 is 34.0 Å². The van der Waals surface area contributed by atoms with Crippen molar-refractivity contribution in [3.63, 3.8) is 0 Å². The molecule has 0 bridgehead atoms. The minimum absolute atomic E-state index is 0.415. The number of rotatable bonds is 4. The van der Waals surface area contributed by atoms with Crippen LogP contribution < -0.4 is 0 Å². The van der Waals surface area contributed by atoms with Gasteiger partial charge in [-0.25, -0.2) is 8.42 Å². The van der Waals surface area contributed by atoms with E-state index < -0.39 is 9.84 Å². The number of thiophene rings is 3. The van der Waals surface area contributed by atoms with E-state index >= 15 is 0 Å². The molecule has 0 unspecified atom stereocenters. The van der Waals surface area contributed by atoms with Gasteiger partial charge >= 0.3 is 0 Å². The van der Waals surface area contributed by atoms with Crippen molar-refractivity contribution in [3.8, 4) is 0 Å². The largest absolute Gasteiger partial charge is 0.225 e. The molecule has 0 aromatic carbocycles. The molecule has 3 heterocycles. The first-order valence-corrected chi connectivity index (χ1v) is 9.98. The van der Waals surface area contributed by atoms with Crippen molar-refractivity contribution in [1.82, 2.24) is 0 Å². The summed E-state index contributed by atoms with van der Waals surface area (Å²) in [6.45, 7) is 2.08. The number of sulfone groups is 1. The lowest BCUT2D eigenvalue weighted by atomic mass is 10.3. The highest BCUT2D eigenvalue weighted by atomic mass is 32.3. The van der Waals surface area contributed by atoms with Crippen molar-refractivity contribution in [1.29, 1.82) is 0 Å². The van der Waals surface area contributed by atoms with Gasteiger partial charge in [0.25, 0.3) is 0 Å². The molecule has 3 aromatic heterocycles. The van der Waals surface area contributed by atoms with E-state index in [1.165, 1.54) is 32.4 Å². The van der Waals surface area contributed by atoms with Crippen LogP contribution in [-0.2, 0) is 16.3 Å². The van der Waals surface area contributed by atoms with Gasteiger partial charge in [0, 0.05) is 21.1 Å². The zero-order valence-electron chi connectivity index (χ0n) is 10.7. The van der Waals surface area contributed by atoms with E-state index in [1.807, 2.05) is 6.07 Å². The monoisotopic (exact) mass is 340 g/mol. The van der Waals surface area contributed by atoms with Crippen molar-refractivity contribution in [2.24, 2.45) is 0 Å². The van der Waals surface area contributed by atoms with Crippen LogP contribution in [0.3, 0.4) is 0 Å². The van der Waals surface area contributed by atoms with Gasteiger partial charge in [-0.05, 0) is 42.6 Å².